The number of nitrogens with zero attached hydrogens (tertiary/aromatic N) is 1. The van der Waals surface area contributed by atoms with E-state index in [4.69, 9.17) is 4.74 Å². The van der Waals surface area contributed by atoms with Crippen molar-refractivity contribution in [3.8, 4) is 5.75 Å². The maximum atomic E-state index is 12.8. The van der Waals surface area contributed by atoms with Crippen LogP contribution in [0.25, 0.3) is 0 Å². The van der Waals surface area contributed by atoms with Crippen molar-refractivity contribution in [2.24, 2.45) is 0 Å². The molecule has 1 aliphatic rings. The quantitative estimate of drug-likeness (QED) is 0.676. The zero-order valence-corrected chi connectivity index (χ0v) is 14.9. The average molecular weight is 363 g/mol. The molecule has 1 heterocycles. The Morgan fingerprint density at radius 1 is 1.04 bits per heavy atom. The minimum absolute atomic E-state index is 0.182. The molecule has 0 spiro atoms. The lowest BCUT2D eigenvalue weighted by Gasteiger charge is -2.35. The summed E-state index contributed by atoms with van der Waals surface area (Å²) in [4.78, 5) is 2.36. The van der Waals surface area contributed by atoms with E-state index in [0.717, 1.165) is 37.1 Å². The van der Waals surface area contributed by atoms with Crippen LogP contribution in [0.5, 0.6) is 5.75 Å². The summed E-state index contributed by atoms with van der Waals surface area (Å²) in [6.45, 7) is 1.08. The Morgan fingerprint density at radius 3 is 2.35 bits per heavy atom. The Bertz CT molecular complexity index is 685. The van der Waals surface area contributed by atoms with Crippen molar-refractivity contribution in [2.75, 3.05) is 13.6 Å². The Balaban J connectivity index is 1.77. The first-order chi connectivity index (χ1) is 12.4. The number of benzene rings is 2. The van der Waals surface area contributed by atoms with Crippen molar-refractivity contribution < 1.29 is 17.9 Å². The second-order valence-corrected chi connectivity index (χ2v) is 6.91. The maximum Gasteiger partial charge on any atom is 0.416 e. The van der Waals surface area contributed by atoms with Gasteiger partial charge in [-0.2, -0.15) is 13.2 Å². The molecule has 0 radical (unpaired) electrons. The first-order valence-electron chi connectivity index (χ1n) is 9.02. The lowest BCUT2D eigenvalue weighted by molar-refractivity contribution is -0.137. The molecule has 1 fully saturated rings. The minimum atomic E-state index is -4.33. The Kier molecular flexibility index (Phi) is 5.87. The molecule has 0 bridgehead atoms. The van der Waals surface area contributed by atoms with Gasteiger partial charge in [-0.3, -0.25) is 0 Å². The second kappa shape index (κ2) is 8.12. The molecule has 140 valence electrons. The molecular weight excluding hydrogens is 339 g/mol. The fraction of sp³-hybridized carbons (Fsp3) is 0.429. The lowest BCUT2D eigenvalue weighted by Crippen LogP contribution is -2.37. The van der Waals surface area contributed by atoms with E-state index in [1.165, 1.54) is 25.0 Å². The first kappa shape index (κ1) is 18.8. The normalized spacial score (nSPS) is 19.9. The molecule has 1 saturated heterocycles. The van der Waals surface area contributed by atoms with E-state index in [1.54, 1.807) is 0 Å². The third-order valence-electron chi connectivity index (χ3n) is 5.04. The summed E-state index contributed by atoms with van der Waals surface area (Å²) in [6.07, 6.45) is -0.155. The number of rotatable bonds is 5. The summed E-state index contributed by atoms with van der Waals surface area (Å²) < 4.78 is 44.4. The van der Waals surface area contributed by atoms with Crippen molar-refractivity contribution in [3.63, 3.8) is 0 Å². The smallest absolute Gasteiger partial charge is 0.416 e. The third-order valence-corrected chi connectivity index (χ3v) is 5.04. The SMILES string of the molecule is CN1CCCCC1CC(Oc1ccc(C(F)(F)F)cc1)c1ccccc1. The number of likely N-dealkylation sites (tertiary alicyclic amines) is 1. The summed E-state index contributed by atoms with van der Waals surface area (Å²) in [6, 6.07) is 15.3. The van der Waals surface area contributed by atoms with E-state index < -0.39 is 11.7 Å². The van der Waals surface area contributed by atoms with Crippen molar-refractivity contribution in [2.45, 2.75) is 44.0 Å². The standard InChI is InChI=1S/C21H24F3NO/c1-25-14-6-5-9-18(25)15-20(16-7-3-2-4-8-16)26-19-12-10-17(11-13-19)21(22,23)24/h2-4,7-8,10-13,18,20H,5-6,9,14-15H2,1H3. The zero-order chi connectivity index (χ0) is 18.6. The number of hydrogen-bond acceptors (Lipinski definition) is 2. The summed E-state index contributed by atoms with van der Waals surface area (Å²) in [5, 5.41) is 0. The second-order valence-electron chi connectivity index (χ2n) is 6.91. The number of halogens is 3. The minimum Gasteiger partial charge on any atom is -0.486 e. The molecule has 26 heavy (non-hydrogen) atoms. The summed E-state index contributed by atoms with van der Waals surface area (Å²) in [7, 11) is 2.13. The van der Waals surface area contributed by atoms with Crippen LogP contribution in [0.15, 0.2) is 54.6 Å². The summed E-state index contributed by atoms with van der Waals surface area (Å²) >= 11 is 0. The van der Waals surface area contributed by atoms with Crippen LogP contribution in [0.4, 0.5) is 13.2 Å². The number of hydrogen-bond donors (Lipinski definition) is 0. The fourth-order valence-electron chi connectivity index (χ4n) is 3.50. The van der Waals surface area contributed by atoms with E-state index in [2.05, 4.69) is 11.9 Å². The van der Waals surface area contributed by atoms with Crippen molar-refractivity contribution in [3.05, 3.63) is 65.7 Å². The molecule has 2 aromatic carbocycles. The average Bonchev–Trinajstić information content (AvgIpc) is 2.63. The highest BCUT2D eigenvalue weighted by Gasteiger charge is 2.30. The Hall–Kier alpha value is -2.01. The molecule has 0 amide bonds. The number of ether oxygens (including phenoxy) is 1. The third kappa shape index (κ3) is 4.79. The molecular formula is C21H24F3NO. The predicted molar refractivity (Wildman–Crippen MR) is 96.1 cm³/mol. The van der Waals surface area contributed by atoms with Crippen LogP contribution in [-0.4, -0.2) is 24.5 Å². The van der Waals surface area contributed by atoms with Crippen molar-refractivity contribution in [1.29, 1.82) is 0 Å². The topological polar surface area (TPSA) is 12.5 Å². The van der Waals surface area contributed by atoms with Crippen LogP contribution in [0.2, 0.25) is 0 Å². The zero-order valence-electron chi connectivity index (χ0n) is 14.9. The molecule has 0 aromatic heterocycles. The maximum absolute atomic E-state index is 12.8. The summed E-state index contributed by atoms with van der Waals surface area (Å²) in [5.41, 5.74) is 0.388. The highest BCUT2D eigenvalue weighted by molar-refractivity contribution is 5.30. The Morgan fingerprint density at radius 2 is 1.73 bits per heavy atom. The molecule has 2 unspecified atom stereocenters. The van der Waals surface area contributed by atoms with Crippen molar-refractivity contribution >= 4 is 0 Å². The number of alkyl halides is 3. The van der Waals surface area contributed by atoms with Crippen LogP contribution in [0.3, 0.4) is 0 Å². The van der Waals surface area contributed by atoms with Gasteiger partial charge in [-0.15, -0.1) is 0 Å². The number of piperidine rings is 1. The van der Waals surface area contributed by atoms with Gasteiger partial charge in [-0.1, -0.05) is 36.8 Å². The van der Waals surface area contributed by atoms with Crippen LogP contribution in [-0.2, 0) is 6.18 Å². The first-order valence-corrected chi connectivity index (χ1v) is 9.02. The van der Waals surface area contributed by atoms with Gasteiger partial charge in [-0.25, -0.2) is 0 Å². The molecule has 0 N–H and O–H groups in total. The lowest BCUT2D eigenvalue weighted by atomic mass is 9.94. The van der Waals surface area contributed by atoms with Crippen LogP contribution in [0, 0.1) is 0 Å². The highest BCUT2D eigenvalue weighted by atomic mass is 19.4. The van der Waals surface area contributed by atoms with Gasteiger partial charge in [0.25, 0.3) is 0 Å². The van der Waals surface area contributed by atoms with Gasteiger partial charge in [0.15, 0.2) is 0 Å². The largest absolute Gasteiger partial charge is 0.486 e. The predicted octanol–water partition coefficient (Wildman–Crippen LogP) is 5.70. The molecule has 3 rings (SSSR count). The van der Waals surface area contributed by atoms with E-state index in [1.807, 2.05) is 30.3 Å². The monoisotopic (exact) mass is 363 g/mol. The molecule has 1 aliphatic heterocycles. The van der Waals surface area contributed by atoms with Crippen LogP contribution in [0.1, 0.15) is 42.9 Å². The van der Waals surface area contributed by atoms with Crippen molar-refractivity contribution in [1.82, 2.24) is 4.90 Å². The van der Waals surface area contributed by atoms with Gasteiger partial charge in [0.2, 0.25) is 0 Å². The molecule has 2 nitrogen and oxygen atoms in total. The van der Waals surface area contributed by atoms with Gasteiger partial charge in [-0.05, 0) is 56.3 Å². The van der Waals surface area contributed by atoms with Crippen LogP contribution < -0.4 is 4.74 Å². The van der Waals surface area contributed by atoms with Gasteiger partial charge < -0.3 is 9.64 Å². The molecule has 0 aliphatic carbocycles. The van der Waals surface area contributed by atoms with E-state index >= 15 is 0 Å². The van der Waals surface area contributed by atoms with E-state index in [9.17, 15) is 13.2 Å². The van der Waals surface area contributed by atoms with E-state index in [0.29, 0.717) is 11.8 Å². The van der Waals surface area contributed by atoms with Gasteiger partial charge in [0.05, 0.1) is 5.56 Å². The molecule has 2 atom stereocenters. The fourth-order valence-corrected chi connectivity index (χ4v) is 3.50. The Labute approximate surface area is 152 Å². The molecule has 5 heteroatoms. The molecule has 0 saturated carbocycles. The van der Waals surface area contributed by atoms with Gasteiger partial charge in [0.1, 0.15) is 11.9 Å². The highest BCUT2D eigenvalue weighted by Crippen LogP contribution is 2.33. The van der Waals surface area contributed by atoms with Gasteiger partial charge in [0, 0.05) is 12.5 Å². The molecule has 2 aromatic rings. The summed E-state index contributed by atoms with van der Waals surface area (Å²) in [5.74, 6) is 0.463. The van der Waals surface area contributed by atoms with Crippen LogP contribution >= 0.6 is 0 Å². The van der Waals surface area contributed by atoms with E-state index in [-0.39, 0.29) is 6.10 Å². The van der Waals surface area contributed by atoms with Gasteiger partial charge >= 0.3 is 6.18 Å².